The van der Waals surface area contributed by atoms with E-state index in [1.165, 1.54) is 23.1 Å². The summed E-state index contributed by atoms with van der Waals surface area (Å²) < 4.78 is 50.2. The first-order chi connectivity index (χ1) is 20.1. The molecule has 4 amide bonds. The summed E-state index contributed by atoms with van der Waals surface area (Å²) in [7, 11) is 1.68. The smallest absolute Gasteiger partial charge is 0.389 e. The molecule has 4 atom stereocenters. The van der Waals surface area contributed by atoms with Crippen LogP contribution in [-0.2, 0) is 9.53 Å². The van der Waals surface area contributed by atoms with Crippen molar-refractivity contribution < 1.29 is 42.1 Å². The largest absolute Gasteiger partial charge is 0.490 e. The Morgan fingerprint density at radius 1 is 1.19 bits per heavy atom. The van der Waals surface area contributed by atoms with E-state index >= 15 is 0 Å². The van der Waals surface area contributed by atoms with Gasteiger partial charge in [0.1, 0.15) is 5.75 Å². The molecule has 0 saturated carbocycles. The summed E-state index contributed by atoms with van der Waals surface area (Å²) in [5, 5.41) is 15.4. The zero-order valence-corrected chi connectivity index (χ0v) is 26.0. The van der Waals surface area contributed by atoms with E-state index in [4.69, 9.17) is 9.47 Å². The van der Waals surface area contributed by atoms with E-state index in [0.717, 1.165) is 12.8 Å². The lowest BCUT2D eigenvalue weighted by Crippen LogP contribution is -2.49. The molecule has 0 aromatic heterocycles. The lowest BCUT2D eigenvalue weighted by molar-refractivity contribution is -0.142. The van der Waals surface area contributed by atoms with Gasteiger partial charge < -0.3 is 35.0 Å². The summed E-state index contributed by atoms with van der Waals surface area (Å²) in [6.45, 7) is 9.78. The van der Waals surface area contributed by atoms with Crippen LogP contribution < -0.4 is 15.4 Å². The van der Waals surface area contributed by atoms with Crippen molar-refractivity contribution in [3.05, 3.63) is 23.8 Å². The molecule has 1 aliphatic heterocycles. The molecule has 0 unspecified atom stereocenters. The number of nitrogens with zero attached hydrogens (tertiary/aromatic N) is 2. The van der Waals surface area contributed by atoms with E-state index in [0.29, 0.717) is 13.0 Å². The molecule has 0 saturated heterocycles. The first kappa shape index (κ1) is 36.1. The maximum Gasteiger partial charge on any atom is 0.389 e. The zero-order chi connectivity index (χ0) is 32.3. The van der Waals surface area contributed by atoms with Crippen molar-refractivity contribution in [1.29, 1.82) is 0 Å². The molecule has 1 heterocycles. The average Bonchev–Trinajstić information content (AvgIpc) is 2.92. The van der Waals surface area contributed by atoms with Crippen LogP contribution in [0.4, 0.5) is 23.7 Å². The van der Waals surface area contributed by atoms with Crippen LogP contribution in [0.15, 0.2) is 18.2 Å². The summed E-state index contributed by atoms with van der Waals surface area (Å²) in [6.07, 6.45) is -4.97. The number of carbonyl (C=O) groups is 3. The first-order valence-electron chi connectivity index (χ1n) is 14.8. The number of nitrogens with one attached hydrogen (secondary N) is 2. The Balaban J connectivity index is 2.42. The highest BCUT2D eigenvalue weighted by atomic mass is 19.4. The highest BCUT2D eigenvalue weighted by Gasteiger charge is 2.31. The molecule has 244 valence electrons. The van der Waals surface area contributed by atoms with Crippen molar-refractivity contribution in [2.24, 2.45) is 5.92 Å². The predicted molar refractivity (Wildman–Crippen MR) is 157 cm³/mol. The number of benzene rings is 1. The van der Waals surface area contributed by atoms with E-state index in [-0.39, 0.29) is 60.8 Å². The topological polar surface area (TPSA) is 120 Å². The second kappa shape index (κ2) is 16.7. The number of hydrogen-bond donors (Lipinski definition) is 3. The minimum absolute atomic E-state index is 0.0422. The first-order valence-corrected chi connectivity index (χ1v) is 14.8. The van der Waals surface area contributed by atoms with Gasteiger partial charge in [-0.2, -0.15) is 13.2 Å². The number of urea groups is 1. The fourth-order valence-corrected chi connectivity index (χ4v) is 4.65. The Kier molecular flexibility index (Phi) is 14.0. The number of alkyl halides is 3. The van der Waals surface area contributed by atoms with E-state index < -0.39 is 43.0 Å². The van der Waals surface area contributed by atoms with Gasteiger partial charge in [0.25, 0.3) is 5.91 Å². The third-order valence-electron chi connectivity index (χ3n) is 7.18. The lowest BCUT2D eigenvalue weighted by Gasteiger charge is -2.36. The normalized spacial score (nSPS) is 21.3. The molecule has 0 fully saturated rings. The van der Waals surface area contributed by atoms with Gasteiger partial charge in [-0.1, -0.05) is 6.92 Å². The monoisotopic (exact) mass is 616 g/mol. The maximum atomic E-state index is 14.1. The molecule has 10 nitrogen and oxygen atoms in total. The number of amides is 4. The Hall–Kier alpha value is -3.06. The zero-order valence-electron chi connectivity index (χ0n) is 26.0. The van der Waals surface area contributed by atoms with E-state index in [9.17, 15) is 32.7 Å². The minimum atomic E-state index is -4.47. The second-order valence-corrected chi connectivity index (χ2v) is 11.7. The number of aliphatic hydroxyl groups excluding tert-OH is 1. The van der Waals surface area contributed by atoms with Crippen molar-refractivity contribution in [1.82, 2.24) is 15.1 Å². The molecule has 0 bridgehead atoms. The van der Waals surface area contributed by atoms with Crippen molar-refractivity contribution >= 4 is 23.5 Å². The van der Waals surface area contributed by atoms with Crippen molar-refractivity contribution in [2.75, 3.05) is 38.7 Å². The molecule has 0 aliphatic carbocycles. The Morgan fingerprint density at radius 2 is 1.88 bits per heavy atom. The lowest BCUT2D eigenvalue weighted by atomic mass is 10.0. The minimum Gasteiger partial charge on any atom is -0.490 e. The van der Waals surface area contributed by atoms with E-state index in [2.05, 4.69) is 10.6 Å². The van der Waals surface area contributed by atoms with Gasteiger partial charge in [-0.25, -0.2) is 4.79 Å². The van der Waals surface area contributed by atoms with Gasteiger partial charge in [-0.15, -0.1) is 0 Å². The number of fused-ring (bicyclic) bond motifs is 1. The molecule has 1 aliphatic rings. The van der Waals surface area contributed by atoms with E-state index in [1.54, 1.807) is 18.9 Å². The number of halogens is 3. The molecule has 1 aromatic carbocycles. The van der Waals surface area contributed by atoms with Crippen LogP contribution in [0.5, 0.6) is 5.75 Å². The number of hydrogen-bond acceptors (Lipinski definition) is 6. The number of carbonyl (C=O) groups excluding carboxylic acids is 3. The van der Waals surface area contributed by atoms with Crippen LogP contribution in [0, 0.1) is 5.92 Å². The summed E-state index contributed by atoms with van der Waals surface area (Å²) >= 11 is 0. The van der Waals surface area contributed by atoms with E-state index in [1.807, 2.05) is 27.7 Å². The third-order valence-corrected chi connectivity index (χ3v) is 7.18. The summed E-state index contributed by atoms with van der Waals surface area (Å²) in [6, 6.07) is 3.50. The summed E-state index contributed by atoms with van der Waals surface area (Å²) in [4.78, 5) is 41.9. The number of likely N-dealkylation sites (N-methyl/N-ethyl adjacent to an activating group) is 1. The fourth-order valence-electron chi connectivity index (χ4n) is 4.65. The van der Waals surface area contributed by atoms with Gasteiger partial charge in [0, 0.05) is 50.8 Å². The van der Waals surface area contributed by atoms with Gasteiger partial charge in [-0.05, 0) is 65.2 Å². The Morgan fingerprint density at radius 3 is 2.51 bits per heavy atom. The molecule has 3 N–H and O–H groups in total. The Labute approximate surface area is 252 Å². The number of aliphatic hydroxyl groups is 1. The fraction of sp³-hybridized carbons (Fsp3) is 0.700. The standard InChI is InChI=1S/C30H47F3N4O6/c1-19(2)34-29(41)36(6)17-26-20(3)16-37(21(4)18-38)28(40)24-15-23(35-27(39)12-13-30(31,32)33)10-11-25(24)43-22(5)9-7-8-14-42-26/h10-11,15,19-22,26,38H,7-9,12-14,16-18H2,1-6H3,(H,34,41)(H,35,39)/t20-,21-,22-,26+/m0/s1. The number of rotatable bonds is 8. The average molecular weight is 617 g/mol. The molecule has 1 aromatic rings. The highest BCUT2D eigenvalue weighted by molar-refractivity contribution is 5.99. The molecular weight excluding hydrogens is 569 g/mol. The third kappa shape index (κ3) is 12.2. The molecule has 0 radical (unpaired) electrons. The molecule has 2 rings (SSSR count). The van der Waals surface area contributed by atoms with Crippen LogP contribution in [0.2, 0.25) is 0 Å². The van der Waals surface area contributed by atoms with Crippen LogP contribution in [0.25, 0.3) is 0 Å². The predicted octanol–water partition coefficient (Wildman–Crippen LogP) is 4.81. The van der Waals surface area contributed by atoms with Gasteiger partial charge in [0.05, 0.1) is 36.8 Å². The Bertz CT molecular complexity index is 1070. The molecule has 13 heteroatoms. The van der Waals surface area contributed by atoms with Crippen LogP contribution in [0.3, 0.4) is 0 Å². The van der Waals surface area contributed by atoms with Crippen molar-refractivity contribution in [3.8, 4) is 5.75 Å². The van der Waals surface area contributed by atoms with Crippen molar-refractivity contribution in [2.45, 2.75) is 97.2 Å². The highest BCUT2D eigenvalue weighted by Crippen LogP contribution is 2.29. The van der Waals surface area contributed by atoms with Crippen LogP contribution >= 0.6 is 0 Å². The quantitative estimate of drug-likeness (QED) is 0.386. The summed E-state index contributed by atoms with van der Waals surface area (Å²) in [5.74, 6) is -1.31. The van der Waals surface area contributed by atoms with Crippen LogP contribution in [0.1, 0.15) is 77.1 Å². The molecule has 43 heavy (non-hydrogen) atoms. The van der Waals surface area contributed by atoms with Gasteiger partial charge in [0.15, 0.2) is 0 Å². The van der Waals surface area contributed by atoms with Gasteiger partial charge in [0.2, 0.25) is 5.91 Å². The second-order valence-electron chi connectivity index (χ2n) is 11.7. The summed E-state index contributed by atoms with van der Waals surface area (Å²) in [5.41, 5.74) is 0.260. The van der Waals surface area contributed by atoms with Crippen LogP contribution in [-0.4, -0.2) is 96.6 Å². The number of anilines is 1. The number of ether oxygens (including phenoxy) is 2. The maximum absolute atomic E-state index is 14.1. The van der Waals surface area contributed by atoms with Gasteiger partial charge in [-0.3, -0.25) is 9.59 Å². The molecule has 0 spiro atoms. The van der Waals surface area contributed by atoms with Crippen molar-refractivity contribution in [3.63, 3.8) is 0 Å². The molecular formula is C30H47F3N4O6. The SMILES string of the molecule is CC(C)NC(=O)N(C)C[C@H]1OCCCC[C@H](C)Oc2ccc(NC(=O)CCC(F)(F)F)cc2C(=O)N([C@@H](C)CO)C[C@@H]1C. The van der Waals surface area contributed by atoms with Gasteiger partial charge >= 0.3 is 12.2 Å².